The molecule has 0 aromatic rings. The van der Waals surface area contributed by atoms with Gasteiger partial charge in [-0.15, -0.1) is 0 Å². The highest BCUT2D eigenvalue weighted by Gasteiger charge is 2.39. The number of unbranched alkanes of at least 4 members (excludes halogenated alkanes) is 1. The van der Waals surface area contributed by atoms with Crippen LogP contribution in [0.3, 0.4) is 0 Å². The molecular formula is C13H24O2. The second kappa shape index (κ2) is 5.53. The van der Waals surface area contributed by atoms with Crippen molar-refractivity contribution in [1.29, 1.82) is 0 Å². The molecule has 0 spiro atoms. The molecule has 1 rings (SSSR count). The smallest absolute Gasteiger partial charge is 0.309 e. The second-order valence-electron chi connectivity index (χ2n) is 5.04. The number of hydrogen-bond acceptors (Lipinski definition) is 1. The Balaban J connectivity index is 2.58. The van der Waals surface area contributed by atoms with E-state index in [1.54, 1.807) is 0 Å². The topological polar surface area (TPSA) is 37.3 Å². The molecule has 0 bridgehead atoms. The number of carbonyl (C=O) groups is 1. The molecule has 1 unspecified atom stereocenters. The van der Waals surface area contributed by atoms with Crippen molar-refractivity contribution >= 4 is 5.97 Å². The van der Waals surface area contributed by atoms with Gasteiger partial charge in [0.1, 0.15) is 0 Å². The van der Waals surface area contributed by atoms with Crippen molar-refractivity contribution in [1.82, 2.24) is 0 Å². The van der Waals surface area contributed by atoms with E-state index in [9.17, 15) is 9.90 Å². The average Bonchev–Trinajstić information content (AvgIpc) is 2.16. The first kappa shape index (κ1) is 12.5. The van der Waals surface area contributed by atoms with Crippen LogP contribution in [-0.4, -0.2) is 11.1 Å². The zero-order valence-corrected chi connectivity index (χ0v) is 10.1. The van der Waals surface area contributed by atoms with Crippen molar-refractivity contribution in [2.24, 2.45) is 11.3 Å². The Morgan fingerprint density at radius 3 is 2.40 bits per heavy atom. The van der Waals surface area contributed by atoms with E-state index in [-0.39, 0.29) is 0 Å². The van der Waals surface area contributed by atoms with E-state index >= 15 is 0 Å². The first-order valence-corrected chi connectivity index (χ1v) is 6.38. The highest BCUT2D eigenvalue weighted by molar-refractivity contribution is 5.74. The van der Waals surface area contributed by atoms with Crippen LogP contribution in [0.15, 0.2) is 0 Å². The molecule has 0 aliphatic heterocycles. The Kier molecular flexibility index (Phi) is 4.62. The van der Waals surface area contributed by atoms with Crippen molar-refractivity contribution < 1.29 is 9.90 Å². The molecule has 1 aliphatic carbocycles. The summed E-state index contributed by atoms with van der Waals surface area (Å²) in [5.41, 5.74) is -0.416. The van der Waals surface area contributed by atoms with Crippen LogP contribution in [-0.2, 0) is 4.79 Å². The fraction of sp³-hybridized carbons (Fsp3) is 0.923. The summed E-state index contributed by atoms with van der Waals surface area (Å²) in [5.74, 6) is 0.128. The van der Waals surface area contributed by atoms with E-state index in [2.05, 4.69) is 6.92 Å². The molecule has 0 aromatic carbocycles. The van der Waals surface area contributed by atoms with Crippen LogP contribution >= 0.6 is 0 Å². The van der Waals surface area contributed by atoms with Crippen molar-refractivity contribution in [3.8, 4) is 0 Å². The molecule has 0 radical (unpaired) electrons. The predicted octanol–water partition coefficient (Wildman–Crippen LogP) is 3.85. The molecular weight excluding hydrogens is 188 g/mol. The van der Waals surface area contributed by atoms with E-state index in [1.807, 2.05) is 6.92 Å². The molecule has 1 N–H and O–H groups in total. The lowest BCUT2D eigenvalue weighted by molar-refractivity contribution is -0.151. The summed E-state index contributed by atoms with van der Waals surface area (Å²) >= 11 is 0. The Hall–Kier alpha value is -0.530. The van der Waals surface area contributed by atoms with Gasteiger partial charge in [-0.25, -0.2) is 0 Å². The van der Waals surface area contributed by atoms with Crippen LogP contribution in [0.1, 0.15) is 65.2 Å². The van der Waals surface area contributed by atoms with Gasteiger partial charge in [0.05, 0.1) is 5.41 Å². The standard InChI is InChI=1S/C13H24O2/c1-3-5-9-13(4-2,12(14)15)10-11-7-6-8-11/h11H,3-10H2,1-2H3,(H,14,15). The minimum absolute atomic E-state index is 0.416. The van der Waals surface area contributed by atoms with Crippen molar-refractivity contribution in [2.45, 2.75) is 65.2 Å². The van der Waals surface area contributed by atoms with Crippen LogP contribution in [0.25, 0.3) is 0 Å². The molecule has 0 saturated heterocycles. The largest absolute Gasteiger partial charge is 0.481 e. The molecule has 2 heteroatoms. The highest BCUT2D eigenvalue weighted by Crippen LogP contribution is 2.42. The maximum atomic E-state index is 11.4. The lowest BCUT2D eigenvalue weighted by atomic mass is 9.68. The maximum Gasteiger partial charge on any atom is 0.309 e. The van der Waals surface area contributed by atoms with Gasteiger partial charge in [-0.1, -0.05) is 46.0 Å². The summed E-state index contributed by atoms with van der Waals surface area (Å²) in [6.45, 7) is 4.16. The van der Waals surface area contributed by atoms with Gasteiger partial charge in [0.15, 0.2) is 0 Å². The molecule has 0 aromatic heterocycles. The Morgan fingerprint density at radius 1 is 1.40 bits per heavy atom. The summed E-state index contributed by atoms with van der Waals surface area (Å²) in [7, 11) is 0. The quantitative estimate of drug-likeness (QED) is 0.696. The second-order valence-corrected chi connectivity index (χ2v) is 5.04. The first-order chi connectivity index (χ1) is 7.14. The van der Waals surface area contributed by atoms with Crippen molar-refractivity contribution in [2.75, 3.05) is 0 Å². The van der Waals surface area contributed by atoms with Gasteiger partial charge in [0, 0.05) is 0 Å². The Labute approximate surface area is 93.1 Å². The zero-order valence-electron chi connectivity index (χ0n) is 10.1. The molecule has 0 amide bonds. The molecule has 0 heterocycles. The predicted molar refractivity (Wildman–Crippen MR) is 61.8 cm³/mol. The molecule has 15 heavy (non-hydrogen) atoms. The summed E-state index contributed by atoms with van der Waals surface area (Å²) in [5, 5.41) is 9.42. The fourth-order valence-corrected chi connectivity index (χ4v) is 2.53. The first-order valence-electron chi connectivity index (χ1n) is 6.38. The van der Waals surface area contributed by atoms with Gasteiger partial charge in [-0.3, -0.25) is 4.79 Å². The summed E-state index contributed by atoms with van der Waals surface area (Å²) < 4.78 is 0. The van der Waals surface area contributed by atoms with Gasteiger partial charge in [0.25, 0.3) is 0 Å². The van der Waals surface area contributed by atoms with Crippen LogP contribution in [0, 0.1) is 11.3 Å². The van der Waals surface area contributed by atoms with E-state index < -0.39 is 11.4 Å². The summed E-state index contributed by atoms with van der Waals surface area (Å²) in [6, 6.07) is 0. The van der Waals surface area contributed by atoms with Gasteiger partial charge < -0.3 is 5.11 Å². The zero-order chi connectivity index (χ0) is 11.3. The van der Waals surface area contributed by atoms with Gasteiger partial charge in [-0.05, 0) is 25.2 Å². The number of rotatable bonds is 7. The lowest BCUT2D eigenvalue weighted by Gasteiger charge is -2.36. The number of carboxylic acids is 1. The highest BCUT2D eigenvalue weighted by atomic mass is 16.4. The van der Waals surface area contributed by atoms with Gasteiger partial charge in [0.2, 0.25) is 0 Å². The van der Waals surface area contributed by atoms with Crippen molar-refractivity contribution in [3.05, 3.63) is 0 Å². The summed E-state index contributed by atoms with van der Waals surface area (Å²) in [4.78, 5) is 11.4. The molecule has 1 atom stereocenters. The van der Waals surface area contributed by atoms with Gasteiger partial charge in [-0.2, -0.15) is 0 Å². The third-order valence-electron chi connectivity index (χ3n) is 4.04. The average molecular weight is 212 g/mol. The molecule has 1 fully saturated rings. The van der Waals surface area contributed by atoms with E-state index in [1.165, 1.54) is 19.3 Å². The Bertz CT molecular complexity index is 209. The number of aliphatic carboxylic acids is 1. The molecule has 1 aliphatic rings. The Morgan fingerprint density at radius 2 is 2.07 bits per heavy atom. The van der Waals surface area contributed by atoms with Gasteiger partial charge >= 0.3 is 5.97 Å². The fourth-order valence-electron chi connectivity index (χ4n) is 2.53. The lowest BCUT2D eigenvalue weighted by Crippen LogP contribution is -2.34. The third-order valence-corrected chi connectivity index (χ3v) is 4.04. The van der Waals surface area contributed by atoms with Crippen LogP contribution in [0.5, 0.6) is 0 Å². The number of hydrogen-bond donors (Lipinski definition) is 1. The maximum absolute atomic E-state index is 11.4. The van der Waals surface area contributed by atoms with Crippen LogP contribution in [0.2, 0.25) is 0 Å². The summed E-state index contributed by atoms with van der Waals surface area (Å²) in [6.07, 6.45) is 8.52. The van der Waals surface area contributed by atoms with Crippen LogP contribution < -0.4 is 0 Å². The minimum Gasteiger partial charge on any atom is -0.481 e. The monoisotopic (exact) mass is 212 g/mol. The van der Waals surface area contributed by atoms with Crippen molar-refractivity contribution in [3.63, 3.8) is 0 Å². The van der Waals surface area contributed by atoms with Crippen LogP contribution in [0.4, 0.5) is 0 Å². The molecule has 88 valence electrons. The molecule has 1 saturated carbocycles. The van der Waals surface area contributed by atoms with E-state index in [0.717, 1.165) is 32.1 Å². The number of carboxylic acid groups (broad SMARTS) is 1. The minimum atomic E-state index is -0.564. The van der Waals surface area contributed by atoms with E-state index in [0.29, 0.717) is 5.92 Å². The third kappa shape index (κ3) is 2.96. The normalized spacial score (nSPS) is 20.7. The van der Waals surface area contributed by atoms with E-state index in [4.69, 9.17) is 0 Å². The molecule has 2 nitrogen and oxygen atoms in total. The SMILES string of the molecule is CCCCC(CC)(CC1CCC1)C(=O)O.